The number of fused-ring (bicyclic) bond motifs is 3. The largest absolute Gasteiger partial charge is 0.308 e. The highest BCUT2D eigenvalue weighted by Crippen LogP contribution is 2.45. The summed E-state index contributed by atoms with van der Waals surface area (Å²) >= 11 is 0. The van der Waals surface area contributed by atoms with Gasteiger partial charge in [-0.3, -0.25) is 0 Å². The van der Waals surface area contributed by atoms with E-state index in [1.807, 2.05) is 182 Å². The lowest BCUT2D eigenvalue weighted by atomic mass is 9.97. The van der Waals surface area contributed by atoms with Gasteiger partial charge < -0.3 is 4.57 Å². The van der Waals surface area contributed by atoms with Gasteiger partial charge in [-0.2, -0.15) is 26.3 Å². The Bertz CT molecular complexity index is 4090. The van der Waals surface area contributed by atoms with E-state index in [0.717, 1.165) is 55.2 Å². The molecule has 354 valence electrons. The molecule has 0 radical (unpaired) electrons. The lowest BCUT2D eigenvalue weighted by Crippen LogP contribution is -2.06. The fraction of sp³-hybridized carbons (Fsp3) is 0. The summed E-state index contributed by atoms with van der Waals surface area (Å²) in [6.45, 7) is 0. The molecule has 12 rings (SSSR count). The molecule has 10 nitrogen and oxygen atoms in total. The number of nitriles is 5. The number of rotatable bonds is 9. The Morgan fingerprint density at radius 3 is 1.04 bits per heavy atom. The van der Waals surface area contributed by atoms with E-state index >= 15 is 0 Å². The van der Waals surface area contributed by atoms with Crippen molar-refractivity contribution >= 4 is 21.8 Å². The van der Waals surface area contributed by atoms with Crippen LogP contribution in [-0.2, 0) is 0 Å². The second-order valence-corrected chi connectivity index (χ2v) is 18.3. The molecule has 0 aliphatic carbocycles. The predicted octanol–water partition coefficient (Wildman–Crippen LogP) is 15.1. The lowest BCUT2D eigenvalue weighted by Gasteiger charge is -2.20. The van der Waals surface area contributed by atoms with Gasteiger partial charge in [0.15, 0.2) is 11.6 Å². The van der Waals surface area contributed by atoms with E-state index in [4.69, 9.17) is 19.9 Å². The van der Waals surface area contributed by atoms with E-state index in [9.17, 15) is 26.3 Å². The molecule has 10 heteroatoms. The molecule has 3 heterocycles. The molecule has 0 atom stereocenters. The van der Waals surface area contributed by atoms with Crippen LogP contribution in [0.25, 0.3) is 118 Å². The standard InChI is InChI=1S/C67H36N10/c68-37-42-25-43(38-69)28-53(27-42)51-21-23-55-56-24-22-52(54-29-44(39-70)26-45(30-54)40-71)34-64(56)77(63(55)33-51)65-57(62-36-61(49-17-9-3-10-18-49)73-66(76-62)50-19-11-4-12-20-50)31-46(41-72)32-58(65)67-74-59(47-13-5-1-6-14-47)35-60(75-67)48-15-7-2-8-16-48/h1-36H. The molecule has 0 saturated carbocycles. The first-order chi connectivity index (χ1) is 37.9. The van der Waals surface area contributed by atoms with E-state index in [2.05, 4.69) is 34.9 Å². The Labute approximate surface area is 442 Å². The highest BCUT2D eigenvalue weighted by molar-refractivity contribution is 6.12. The van der Waals surface area contributed by atoms with Crippen LogP contribution in [0.1, 0.15) is 27.8 Å². The van der Waals surface area contributed by atoms with E-state index in [1.54, 1.807) is 36.4 Å². The van der Waals surface area contributed by atoms with Crippen LogP contribution in [0, 0.1) is 56.7 Å². The molecule has 0 spiro atoms. The fourth-order valence-corrected chi connectivity index (χ4v) is 9.91. The van der Waals surface area contributed by atoms with Crippen molar-refractivity contribution in [2.75, 3.05) is 0 Å². The zero-order valence-electron chi connectivity index (χ0n) is 40.8. The van der Waals surface area contributed by atoms with Gasteiger partial charge in [0.2, 0.25) is 0 Å². The van der Waals surface area contributed by atoms with Crippen molar-refractivity contribution in [2.45, 2.75) is 0 Å². The molecule has 0 amide bonds. The third kappa shape index (κ3) is 8.84. The molecule has 77 heavy (non-hydrogen) atoms. The third-order valence-electron chi connectivity index (χ3n) is 13.5. The van der Waals surface area contributed by atoms with E-state index in [-0.39, 0.29) is 0 Å². The van der Waals surface area contributed by atoms with Crippen molar-refractivity contribution in [3.63, 3.8) is 0 Å². The predicted molar refractivity (Wildman–Crippen MR) is 299 cm³/mol. The van der Waals surface area contributed by atoms with Gasteiger partial charge in [0.25, 0.3) is 0 Å². The SMILES string of the molecule is N#Cc1cc(C#N)cc(-c2ccc3c4ccc(-c5cc(C#N)cc(C#N)c5)cc4n(-c4c(-c5cc(-c6ccccc6)nc(-c6ccccc6)n5)cc(C#N)cc4-c4nc(-c5ccccc5)cc(-c5ccccc5)n4)c3c2)c1. The van der Waals surface area contributed by atoms with Crippen molar-refractivity contribution in [3.05, 3.63) is 246 Å². The van der Waals surface area contributed by atoms with Crippen molar-refractivity contribution in [1.29, 1.82) is 26.3 Å². The third-order valence-corrected chi connectivity index (χ3v) is 13.5. The van der Waals surface area contributed by atoms with Gasteiger partial charge in [0.05, 0.1) is 97.7 Å². The fourth-order valence-electron chi connectivity index (χ4n) is 9.91. The van der Waals surface area contributed by atoms with Crippen LogP contribution in [-0.4, -0.2) is 24.5 Å². The number of aromatic nitrogens is 5. The molecule has 0 aliphatic rings. The van der Waals surface area contributed by atoms with Crippen LogP contribution < -0.4 is 0 Å². The summed E-state index contributed by atoms with van der Waals surface area (Å²) in [5.41, 5.74) is 13.5. The van der Waals surface area contributed by atoms with E-state index in [0.29, 0.717) is 90.2 Å². The maximum Gasteiger partial charge on any atom is 0.162 e. The minimum absolute atomic E-state index is 0.326. The topological polar surface area (TPSA) is 175 Å². The van der Waals surface area contributed by atoms with Crippen molar-refractivity contribution in [3.8, 4) is 126 Å². The summed E-state index contributed by atoms with van der Waals surface area (Å²) in [7, 11) is 0. The maximum atomic E-state index is 11.1. The molecule has 9 aromatic carbocycles. The van der Waals surface area contributed by atoms with Gasteiger partial charge >= 0.3 is 0 Å². The molecule has 12 aromatic rings. The summed E-state index contributed by atoms with van der Waals surface area (Å²) in [4.78, 5) is 21.3. The average molecular weight is 981 g/mol. The molecular weight excluding hydrogens is 945 g/mol. The highest BCUT2D eigenvalue weighted by Gasteiger charge is 2.26. The van der Waals surface area contributed by atoms with E-state index in [1.165, 1.54) is 0 Å². The Morgan fingerprint density at radius 2 is 0.623 bits per heavy atom. The van der Waals surface area contributed by atoms with Gasteiger partial charge in [0.1, 0.15) is 0 Å². The molecular formula is C67H36N10. The van der Waals surface area contributed by atoms with Gasteiger partial charge in [-0.25, -0.2) is 19.9 Å². The van der Waals surface area contributed by atoms with Gasteiger partial charge in [-0.05, 0) is 95.1 Å². The van der Waals surface area contributed by atoms with Crippen LogP contribution in [0.5, 0.6) is 0 Å². The molecule has 0 saturated heterocycles. The Balaban J connectivity index is 1.27. The first kappa shape index (κ1) is 46.5. The maximum absolute atomic E-state index is 11.1. The van der Waals surface area contributed by atoms with Gasteiger partial charge in [-0.1, -0.05) is 146 Å². The second-order valence-electron chi connectivity index (χ2n) is 18.3. The van der Waals surface area contributed by atoms with Crippen molar-refractivity contribution < 1.29 is 0 Å². The highest BCUT2D eigenvalue weighted by atomic mass is 15.0. The second kappa shape index (κ2) is 19.8. The van der Waals surface area contributed by atoms with Crippen molar-refractivity contribution in [1.82, 2.24) is 24.5 Å². The quantitative estimate of drug-likeness (QED) is 0.136. The Morgan fingerprint density at radius 1 is 0.273 bits per heavy atom. The molecule has 0 bridgehead atoms. The smallest absolute Gasteiger partial charge is 0.162 e. The van der Waals surface area contributed by atoms with Crippen LogP contribution in [0.15, 0.2) is 218 Å². The monoisotopic (exact) mass is 980 g/mol. The van der Waals surface area contributed by atoms with Crippen molar-refractivity contribution in [2.24, 2.45) is 0 Å². The zero-order chi connectivity index (χ0) is 52.4. The summed E-state index contributed by atoms with van der Waals surface area (Å²) < 4.78 is 2.15. The molecule has 0 fully saturated rings. The van der Waals surface area contributed by atoms with E-state index < -0.39 is 0 Å². The van der Waals surface area contributed by atoms with Crippen LogP contribution in [0.2, 0.25) is 0 Å². The number of hydrogen-bond acceptors (Lipinski definition) is 9. The molecule has 0 N–H and O–H groups in total. The normalized spacial score (nSPS) is 10.8. The average Bonchev–Trinajstić information content (AvgIpc) is 4.07. The summed E-state index contributed by atoms with van der Waals surface area (Å²) in [6, 6.07) is 80.7. The molecule has 0 aliphatic heterocycles. The zero-order valence-corrected chi connectivity index (χ0v) is 40.8. The first-order valence-electron chi connectivity index (χ1n) is 24.5. The minimum atomic E-state index is 0.326. The number of benzene rings is 9. The number of hydrogen-bond donors (Lipinski definition) is 0. The summed E-state index contributed by atoms with van der Waals surface area (Å²) in [5, 5.41) is 53.3. The number of nitrogens with zero attached hydrogens (tertiary/aromatic N) is 10. The van der Waals surface area contributed by atoms with Crippen LogP contribution >= 0.6 is 0 Å². The molecule has 0 unspecified atom stereocenters. The Kier molecular flexibility index (Phi) is 11.9. The summed E-state index contributed by atoms with van der Waals surface area (Å²) in [5.74, 6) is 0.802. The molecule has 3 aromatic heterocycles. The lowest BCUT2D eigenvalue weighted by molar-refractivity contribution is 1.13. The minimum Gasteiger partial charge on any atom is -0.308 e. The Hall–Kier alpha value is -11.6. The van der Waals surface area contributed by atoms with Gasteiger partial charge in [0, 0.05) is 44.2 Å². The first-order valence-corrected chi connectivity index (χ1v) is 24.5. The van der Waals surface area contributed by atoms with Gasteiger partial charge in [-0.15, -0.1) is 0 Å². The summed E-state index contributed by atoms with van der Waals surface area (Å²) in [6.07, 6.45) is 0. The van der Waals surface area contributed by atoms with Crippen LogP contribution in [0.4, 0.5) is 0 Å². The van der Waals surface area contributed by atoms with Crippen LogP contribution in [0.3, 0.4) is 0 Å².